The predicted octanol–water partition coefficient (Wildman–Crippen LogP) is 3.61. The molecule has 4 nitrogen and oxygen atoms in total. The predicted molar refractivity (Wildman–Crippen MR) is 95.3 cm³/mol. The first kappa shape index (κ1) is 16.6. The number of amides is 1. The van der Waals surface area contributed by atoms with E-state index in [2.05, 4.69) is 30.8 Å². The van der Waals surface area contributed by atoms with Crippen LogP contribution in [-0.4, -0.2) is 22.0 Å². The zero-order valence-electron chi connectivity index (χ0n) is 13.2. The fraction of sp³-hybridized carbons (Fsp3) is 0.222. The molecule has 3 aromatic rings. The van der Waals surface area contributed by atoms with E-state index in [1.807, 2.05) is 31.2 Å². The van der Waals surface area contributed by atoms with Crippen molar-refractivity contribution >= 4 is 32.9 Å². The van der Waals surface area contributed by atoms with Gasteiger partial charge in [0.05, 0.1) is 21.9 Å². The lowest BCUT2D eigenvalue weighted by Gasteiger charge is -2.09. The van der Waals surface area contributed by atoms with Gasteiger partial charge in [-0.2, -0.15) is 0 Å². The molecule has 0 saturated heterocycles. The number of carbonyl (C=O) groups excluding carboxylic acids is 1. The number of aryl methyl sites for hydroxylation is 1. The molecule has 0 unspecified atom stereocenters. The van der Waals surface area contributed by atoms with Gasteiger partial charge >= 0.3 is 0 Å². The van der Waals surface area contributed by atoms with Crippen LogP contribution in [0.25, 0.3) is 11.0 Å². The number of aromatic nitrogens is 2. The largest absolute Gasteiger partial charge is 0.354 e. The van der Waals surface area contributed by atoms with Gasteiger partial charge in [-0.05, 0) is 52.7 Å². The standard InChI is InChI=1S/C18H17BrFN3O/c1-12-22-16-4-2-3-5-17(16)23(12)9-8-21-18(24)11-13-6-7-15(20)14(19)10-13/h2-7,10H,8-9,11H2,1H3,(H,21,24). The molecular formula is C18H17BrFN3O. The summed E-state index contributed by atoms with van der Waals surface area (Å²) in [4.78, 5) is 16.5. The van der Waals surface area contributed by atoms with Gasteiger partial charge in [0.15, 0.2) is 0 Å². The average molecular weight is 390 g/mol. The number of benzene rings is 2. The second-order valence-corrected chi connectivity index (χ2v) is 6.43. The number of rotatable bonds is 5. The lowest BCUT2D eigenvalue weighted by atomic mass is 10.1. The van der Waals surface area contributed by atoms with Crippen molar-refractivity contribution < 1.29 is 9.18 Å². The van der Waals surface area contributed by atoms with Crippen molar-refractivity contribution in [3.8, 4) is 0 Å². The molecule has 1 heterocycles. The molecule has 1 aromatic heterocycles. The van der Waals surface area contributed by atoms with E-state index in [1.54, 1.807) is 12.1 Å². The summed E-state index contributed by atoms with van der Waals surface area (Å²) in [6, 6.07) is 12.5. The van der Waals surface area contributed by atoms with Crippen LogP contribution in [0.4, 0.5) is 4.39 Å². The lowest BCUT2D eigenvalue weighted by molar-refractivity contribution is -0.120. The summed E-state index contributed by atoms with van der Waals surface area (Å²) in [6.45, 7) is 3.13. The molecule has 0 aliphatic heterocycles. The van der Waals surface area contributed by atoms with Crippen LogP contribution in [0.2, 0.25) is 0 Å². The summed E-state index contributed by atoms with van der Waals surface area (Å²) in [7, 11) is 0. The van der Waals surface area contributed by atoms with Crippen molar-refractivity contribution in [1.29, 1.82) is 0 Å². The van der Waals surface area contributed by atoms with Crippen LogP contribution in [0, 0.1) is 12.7 Å². The van der Waals surface area contributed by atoms with E-state index >= 15 is 0 Å². The number of para-hydroxylation sites is 2. The third-order valence-electron chi connectivity index (χ3n) is 3.85. The van der Waals surface area contributed by atoms with Crippen molar-refractivity contribution in [2.24, 2.45) is 0 Å². The number of nitrogens with zero attached hydrogens (tertiary/aromatic N) is 2. The van der Waals surface area contributed by atoms with Gasteiger partial charge in [-0.3, -0.25) is 4.79 Å². The van der Waals surface area contributed by atoms with Gasteiger partial charge in [0.1, 0.15) is 11.6 Å². The summed E-state index contributed by atoms with van der Waals surface area (Å²) in [6.07, 6.45) is 0.225. The Bertz CT molecular complexity index is 891. The molecule has 3 rings (SSSR count). The molecule has 1 amide bonds. The molecule has 24 heavy (non-hydrogen) atoms. The number of hydrogen-bond donors (Lipinski definition) is 1. The highest BCUT2D eigenvalue weighted by molar-refractivity contribution is 9.10. The molecule has 0 spiro atoms. The van der Waals surface area contributed by atoms with Crippen LogP contribution < -0.4 is 5.32 Å². The lowest BCUT2D eigenvalue weighted by Crippen LogP contribution is -2.28. The Balaban J connectivity index is 1.58. The van der Waals surface area contributed by atoms with Crippen LogP contribution >= 0.6 is 15.9 Å². The van der Waals surface area contributed by atoms with E-state index in [0.29, 0.717) is 17.6 Å². The first-order valence-corrected chi connectivity index (χ1v) is 8.46. The highest BCUT2D eigenvalue weighted by Crippen LogP contribution is 2.17. The fourth-order valence-corrected chi connectivity index (χ4v) is 3.11. The number of halogens is 2. The monoisotopic (exact) mass is 389 g/mol. The van der Waals surface area contributed by atoms with Crippen molar-refractivity contribution in [1.82, 2.24) is 14.9 Å². The summed E-state index contributed by atoms with van der Waals surface area (Å²) in [5.41, 5.74) is 2.79. The number of hydrogen-bond acceptors (Lipinski definition) is 2. The van der Waals surface area contributed by atoms with Crippen molar-refractivity contribution in [3.05, 3.63) is 64.1 Å². The summed E-state index contributed by atoms with van der Waals surface area (Å²) in [5.74, 6) is 0.505. The van der Waals surface area contributed by atoms with E-state index in [9.17, 15) is 9.18 Å². The van der Waals surface area contributed by atoms with Crippen LogP contribution in [0.3, 0.4) is 0 Å². The molecule has 0 saturated carbocycles. The van der Waals surface area contributed by atoms with Crippen molar-refractivity contribution in [2.45, 2.75) is 19.9 Å². The third kappa shape index (κ3) is 3.64. The molecule has 0 aliphatic rings. The fourth-order valence-electron chi connectivity index (χ4n) is 2.68. The van der Waals surface area contributed by atoms with E-state index in [4.69, 9.17) is 0 Å². The Morgan fingerprint density at radius 1 is 1.29 bits per heavy atom. The molecule has 2 aromatic carbocycles. The Labute approximate surface area is 147 Å². The van der Waals surface area contributed by atoms with Gasteiger partial charge in [-0.15, -0.1) is 0 Å². The maximum atomic E-state index is 13.2. The van der Waals surface area contributed by atoms with Crippen LogP contribution in [-0.2, 0) is 17.8 Å². The Kier molecular flexibility index (Phi) is 4.94. The summed E-state index contributed by atoms with van der Waals surface area (Å²) in [5, 5.41) is 2.90. The molecule has 0 radical (unpaired) electrons. The highest BCUT2D eigenvalue weighted by Gasteiger charge is 2.08. The van der Waals surface area contributed by atoms with Gasteiger partial charge in [-0.1, -0.05) is 18.2 Å². The molecule has 0 atom stereocenters. The van der Waals surface area contributed by atoms with Crippen LogP contribution in [0.5, 0.6) is 0 Å². The first-order valence-electron chi connectivity index (χ1n) is 7.67. The van der Waals surface area contributed by atoms with Crippen molar-refractivity contribution in [3.63, 3.8) is 0 Å². The molecule has 1 N–H and O–H groups in total. The molecule has 0 aliphatic carbocycles. The Morgan fingerprint density at radius 2 is 2.08 bits per heavy atom. The molecule has 124 valence electrons. The third-order valence-corrected chi connectivity index (χ3v) is 4.46. The maximum Gasteiger partial charge on any atom is 0.224 e. The minimum absolute atomic E-state index is 0.0874. The highest BCUT2D eigenvalue weighted by atomic mass is 79.9. The van der Waals surface area contributed by atoms with Gasteiger partial charge in [0, 0.05) is 13.1 Å². The summed E-state index contributed by atoms with van der Waals surface area (Å²) < 4.78 is 15.7. The average Bonchev–Trinajstić information content (AvgIpc) is 2.87. The molecule has 0 bridgehead atoms. The zero-order valence-corrected chi connectivity index (χ0v) is 14.8. The van der Waals surface area contributed by atoms with Crippen LogP contribution in [0.15, 0.2) is 46.9 Å². The number of nitrogens with one attached hydrogen (secondary N) is 1. The van der Waals surface area contributed by atoms with Crippen molar-refractivity contribution in [2.75, 3.05) is 6.54 Å². The SMILES string of the molecule is Cc1nc2ccccc2n1CCNC(=O)Cc1ccc(F)c(Br)c1. The van der Waals surface area contributed by atoms with Gasteiger partial charge in [0.2, 0.25) is 5.91 Å². The maximum absolute atomic E-state index is 13.2. The van der Waals surface area contributed by atoms with Gasteiger partial charge in [0.25, 0.3) is 0 Å². The normalized spacial score (nSPS) is 11.0. The van der Waals surface area contributed by atoms with E-state index in [1.165, 1.54) is 6.07 Å². The quantitative estimate of drug-likeness (QED) is 0.724. The minimum atomic E-state index is -0.332. The van der Waals surface area contributed by atoms with E-state index in [-0.39, 0.29) is 18.1 Å². The smallest absolute Gasteiger partial charge is 0.224 e. The minimum Gasteiger partial charge on any atom is -0.354 e. The zero-order chi connectivity index (χ0) is 17.1. The number of imidazole rings is 1. The molecular weight excluding hydrogens is 373 g/mol. The second kappa shape index (κ2) is 7.13. The van der Waals surface area contributed by atoms with Gasteiger partial charge < -0.3 is 9.88 Å². The second-order valence-electron chi connectivity index (χ2n) is 5.57. The Morgan fingerprint density at radius 3 is 2.88 bits per heavy atom. The van der Waals surface area contributed by atoms with E-state index < -0.39 is 0 Å². The van der Waals surface area contributed by atoms with E-state index in [0.717, 1.165) is 22.4 Å². The summed E-state index contributed by atoms with van der Waals surface area (Å²) >= 11 is 3.13. The van der Waals surface area contributed by atoms with Gasteiger partial charge in [-0.25, -0.2) is 9.37 Å². The van der Waals surface area contributed by atoms with Crippen LogP contribution in [0.1, 0.15) is 11.4 Å². The number of carbonyl (C=O) groups is 1. The topological polar surface area (TPSA) is 46.9 Å². The molecule has 6 heteroatoms. The molecule has 0 fully saturated rings. The Hall–Kier alpha value is -2.21. The number of fused-ring (bicyclic) bond motifs is 1. The first-order chi connectivity index (χ1) is 11.5.